The number of carbonyl (C=O) groups is 2. The summed E-state index contributed by atoms with van der Waals surface area (Å²) in [4.78, 5) is 26.0. The maximum absolute atomic E-state index is 12.9. The molecule has 0 spiro atoms. The van der Waals surface area contributed by atoms with Crippen LogP contribution in [0.2, 0.25) is 0 Å². The van der Waals surface area contributed by atoms with Gasteiger partial charge in [0, 0.05) is 5.69 Å². The number of esters is 1. The van der Waals surface area contributed by atoms with Crippen molar-refractivity contribution in [2.75, 3.05) is 29.9 Å². The molecular weight excluding hydrogens is 529 g/mol. The number of ether oxygens (including phenoxy) is 3. The Morgan fingerprint density at radius 1 is 1.05 bits per heavy atom. The second-order valence-corrected chi connectivity index (χ2v) is 9.73. The summed E-state index contributed by atoms with van der Waals surface area (Å²) in [5, 5.41) is 0. The number of benzene rings is 3. The number of para-hydroxylation sites is 2. The molecule has 200 valence electrons. The number of amides is 1. The molecule has 1 aliphatic rings. The molecule has 0 fully saturated rings. The Balaban J connectivity index is 1.42. The van der Waals surface area contributed by atoms with Crippen molar-refractivity contribution < 1.29 is 45.4 Å². The van der Waals surface area contributed by atoms with E-state index >= 15 is 0 Å². The summed E-state index contributed by atoms with van der Waals surface area (Å²) in [6.07, 6.45) is -5.64. The zero-order chi connectivity index (χ0) is 27.5. The molecule has 0 bridgehead atoms. The fourth-order valence-corrected chi connectivity index (χ4v) is 4.69. The van der Waals surface area contributed by atoms with Gasteiger partial charge in [-0.3, -0.25) is 9.52 Å². The quantitative estimate of drug-likeness (QED) is 0.445. The fraction of sp³-hybridized carbons (Fsp3) is 0.200. The van der Waals surface area contributed by atoms with E-state index in [1.807, 2.05) is 0 Å². The number of sulfonamides is 1. The normalized spacial score (nSPS) is 15.2. The first kappa shape index (κ1) is 26.8. The Morgan fingerprint density at radius 3 is 2.45 bits per heavy atom. The van der Waals surface area contributed by atoms with E-state index < -0.39 is 46.4 Å². The van der Waals surface area contributed by atoms with Crippen molar-refractivity contribution in [1.82, 2.24) is 0 Å². The number of rotatable bonds is 7. The van der Waals surface area contributed by atoms with Crippen molar-refractivity contribution in [3.05, 3.63) is 78.4 Å². The smallest absolute Gasteiger partial charge is 0.416 e. The highest BCUT2D eigenvalue weighted by Crippen LogP contribution is 2.34. The molecule has 38 heavy (non-hydrogen) atoms. The van der Waals surface area contributed by atoms with E-state index in [0.29, 0.717) is 17.5 Å². The van der Waals surface area contributed by atoms with Crippen molar-refractivity contribution >= 4 is 33.3 Å². The Hall–Kier alpha value is -4.26. The van der Waals surface area contributed by atoms with Gasteiger partial charge < -0.3 is 19.1 Å². The number of hydrogen-bond donors (Lipinski definition) is 1. The van der Waals surface area contributed by atoms with Crippen LogP contribution in [0.1, 0.15) is 5.56 Å². The summed E-state index contributed by atoms with van der Waals surface area (Å²) < 4.78 is 82.0. The van der Waals surface area contributed by atoms with E-state index in [1.165, 1.54) is 42.3 Å². The summed E-state index contributed by atoms with van der Waals surface area (Å²) in [5.41, 5.74) is -0.794. The van der Waals surface area contributed by atoms with Crippen LogP contribution in [0, 0.1) is 0 Å². The van der Waals surface area contributed by atoms with E-state index in [-0.39, 0.29) is 22.9 Å². The molecule has 0 unspecified atom stereocenters. The van der Waals surface area contributed by atoms with Crippen LogP contribution < -0.4 is 19.1 Å². The number of carbonyl (C=O) groups excluding carboxylic acids is 2. The van der Waals surface area contributed by atoms with Crippen LogP contribution in [0.4, 0.5) is 24.5 Å². The highest BCUT2D eigenvalue weighted by molar-refractivity contribution is 7.92. The number of nitrogens with zero attached hydrogens (tertiary/aromatic N) is 1. The lowest BCUT2D eigenvalue weighted by Gasteiger charge is -2.33. The van der Waals surface area contributed by atoms with Crippen LogP contribution in [-0.2, 0) is 30.5 Å². The summed E-state index contributed by atoms with van der Waals surface area (Å²) >= 11 is 0. The third-order valence-corrected chi connectivity index (χ3v) is 6.87. The molecule has 0 saturated heterocycles. The molecule has 3 aromatic carbocycles. The molecule has 1 aliphatic heterocycles. The van der Waals surface area contributed by atoms with E-state index in [0.717, 1.165) is 12.1 Å². The largest absolute Gasteiger partial charge is 0.484 e. The zero-order valence-corrected chi connectivity index (χ0v) is 20.6. The Morgan fingerprint density at radius 2 is 1.76 bits per heavy atom. The Bertz CT molecular complexity index is 1440. The first-order valence-electron chi connectivity index (χ1n) is 11.0. The Labute approximate surface area is 215 Å². The number of methoxy groups -OCH3 is 1. The zero-order valence-electron chi connectivity index (χ0n) is 19.8. The minimum atomic E-state index is -4.62. The minimum absolute atomic E-state index is 0.0930. The van der Waals surface area contributed by atoms with Crippen LogP contribution in [0.3, 0.4) is 0 Å². The third-order valence-electron chi connectivity index (χ3n) is 5.48. The monoisotopic (exact) mass is 550 g/mol. The predicted molar refractivity (Wildman–Crippen MR) is 129 cm³/mol. The van der Waals surface area contributed by atoms with Crippen LogP contribution in [0.25, 0.3) is 0 Å². The van der Waals surface area contributed by atoms with Crippen molar-refractivity contribution in [3.63, 3.8) is 0 Å². The summed E-state index contributed by atoms with van der Waals surface area (Å²) in [5.74, 6) is -0.640. The van der Waals surface area contributed by atoms with Crippen molar-refractivity contribution in [3.8, 4) is 11.5 Å². The number of fused-ring (bicyclic) bond motifs is 1. The van der Waals surface area contributed by atoms with E-state index in [4.69, 9.17) is 14.2 Å². The van der Waals surface area contributed by atoms with Gasteiger partial charge in [-0.15, -0.1) is 0 Å². The molecule has 0 aromatic heterocycles. The van der Waals surface area contributed by atoms with Crippen LogP contribution in [-0.4, -0.2) is 46.7 Å². The van der Waals surface area contributed by atoms with Gasteiger partial charge in [-0.1, -0.05) is 18.2 Å². The molecule has 1 amide bonds. The van der Waals surface area contributed by atoms with Gasteiger partial charge in [0.05, 0.1) is 29.8 Å². The van der Waals surface area contributed by atoms with E-state index in [9.17, 15) is 31.2 Å². The first-order chi connectivity index (χ1) is 18.0. The number of anilines is 2. The molecule has 9 nitrogen and oxygen atoms in total. The van der Waals surface area contributed by atoms with Crippen LogP contribution >= 0.6 is 0 Å². The van der Waals surface area contributed by atoms with E-state index in [1.54, 1.807) is 24.3 Å². The molecule has 0 aliphatic carbocycles. The molecule has 4 rings (SSSR count). The van der Waals surface area contributed by atoms with Crippen molar-refractivity contribution in [2.45, 2.75) is 17.2 Å². The van der Waals surface area contributed by atoms with Gasteiger partial charge in [0.25, 0.3) is 15.9 Å². The standard InChI is InChI=1S/C25H21F3N2O7S/c1-35-24(32)22-14-30(20-7-2-3-8-21(20)37-22)23(31)15-36-18-9-11-19(12-10-18)38(33,34)29-17-6-4-5-16(13-17)25(26,27)28/h2-13,22,29H,14-15H2,1H3/t22-/m1/s1. The minimum Gasteiger partial charge on any atom is -0.484 e. The molecule has 1 N–H and O–H groups in total. The number of halogens is 3. The fourth-order valence-electron chi connectivity index (χ4n) is 3.64. The van der Waals surface area contributed by atoms with Crippen LogP contribution in [0.15, 0.2) is 77.7 Å². The number of nitrogens with one attached hydrogen (secondary N) is 1. The average Bonchev–Trinajstić information content (AvgIpc) is 2.90. The Kier molecular flexibility index (Phi) is 7.49. The van der Waals surface area contributed by atoms with Gasteiger partial charge in [0.2, 0.25) is 6.10 Å². The number of alkyl halides is 3. The summed E-state index contributed by atoms with van der Waals surface area (Å²) in [7, 11) is -2.99. The highest BCUT2D eigenvalue weighted by Gasteiger charge is 2.34. The lowest BCUT2D eigenvalue weighted by molar-refractivity contribution is -0.148. The molecule has 1 heterocycles. The van der Waals surface area contributed by atoms with Gasteiger partial charge in [-0.2, -0.15) is 13.2 Å². The SMILES string of the molecule is COC(=O)[C@H]1CN(C(=O)COc2ccc(S(=O)(=O)Nc3cccc(C(F)(F)F)c3)cc2)c2ccccc2O1. The van der Waals surface area contributed by atoms with Gasteiger partial charge >= 0.3 is 12.1 Å². The van der Waals surface area contributed by atoms with Gasteiger partial charge in [0.1, 0.15) is 11.5 Å². The lowest BCUT2D eigenvalue weighted by atomic mass is 10.2. The lowest BCUT2D eigenvalue weighted by Crippen LogP contribution is -2.48. The van der Waals surface area contributed by atoms with Gasteiger partial charge in [-0.05, 0) is 54.6 Å². The summed E-state index contributed by atoms with van der Waals surface area (Å²) in [6.45, 7) is -0.527. The third kappa shape index (κ3) is 5.99. The van der Waals surface area contributed by atoms with Gasteiger partial charge in [0.15, 0.2) is 6.61 Å². The van der Waals surface area contributed by atoms with E-state index in [2.05, 4.69) is 4.72 Å². The molecule has 0 saturated carbocycles. The highest BCUT2D eigenvalue weighted by atomic mass is 32.2. The average molecular weight is 551 g/mol. The number of hydrogen-bond acceptors (Lipinski definition) is 7. The first-order valence-corrected chi connectivity index (χ1v) is 12.5. The second kappa shape index (κ2) is 10.6. The summed E-state index contributed by atoms with van der Waals surface area (Å²) in [6, 6.07) is 15.4. The van der Waals surface area contributed by atoms with Gasteiger partial charge in [-0.25, -0.2) is 13.2 Å². The van der Waals surface area contributed by atoms with Crippen LogP contribution in [0.5, 0.6) is 11.5 Å². The molecule has 3 aromatic rings. The maximum atomic E-state index is 12.9. The second-order valence-electron chi connectivity index (χ2n) is 8.05. The molecule has 13 heteroatoms. The predicted octanol–water partition coefficient (Wildman–Crippen LogP) is 3.85. The van der Waals surface area contributed by atoms with Crippen molar-refractivity contribution in [2.24, 2.45) is 0 Å². The molecule has 0 radical (unpaired) electrons. The molecular formula is C25H21F3N2O7S. The topological polar surface area (TPSA) is 111 Å². The van der Waals surface area contributed by atoms with Crippen molar-refractivity contribution in [1.29, 1.82) is 0 Å². The molecule has 1 atom stereocenters. The maximum Gasteiger partial charge on any atom is 0.416 e.